The van der Waals surface area contributed by atoms with Gasteiger partial charge in [-0.3, -0.25) is 4.79 Å². The molecule has 1 heterocycles. The molecule has 0 fully saturated rings. The van der Waals surface area contributed by atoms with Crippen molar-refractivity contribution in [2.24, 2.45) is 0 Å². The molecule has 2 aromatic rings. The number of alkyl halides is 1. The molecular weight excluding hydrogens is 348 g/mol. The summed E-state index contributed by atoms with van der Waals surface area (Å²) in [5.74, 6) is -0.0582. The first-order valence-electron chi connectivity index (χ1n) is 7.21. The number of thiazole rings is 1. The van der Waals surface area contributed by atoms with Crippen LogP contribution in [0.3, 0.4) is 0 Å². The van der Waals surface area contributed by atoms with Crippen LogP contribution in [-0.2, 0) is 17.6 Å². The molecule has 0 aliphatic heterocycles. The van der Waals surface area contributed by atoms with Gasteiger partial charge in [-0.15, -0.1) is 11.3 Å². The maximum atomic E-state index is 11.4. The fourth-order valence-electron chi connectivity index (χ4n) is 2.35. The molecule has 0 radical (unpaired) electrons. The number of carbonyl (C=O) groups is 1. The van der Waals surface area contributed by atoms with Crippen molar-refractivity contribution < 1.29 is 4.79 Å². The topological polar surface area (TPSA) is 42.0 Å². The quantitative estimate of drug-likeness (QED) is 0.785. The number of nitrogens with one attached hydrogen (secondary N) is 1. The first-order chi connectivity index (χ1) is 10.3. The number of nitrogens with zero attached hydrogens (tertiary/aromatic N) is 1. The van der Waals surface area contributed by atoms with Crippen LogP contribution in [0.25, 0.3) is 11.3 Å². The van der Waals surface area contributed by atoms with Gasteiger partial charge in [0.1, 0.15) is 0 Å². The van der Waals surface area contributed by atoms with E-state index in [9.17, 15) is 4.79 Å². The number of carbonyl (C=O) groups excluding carboxylic acids is 1. The fraction of sp³-hybridized carbons (Fsp3) is 0.375. The Morgan fingerprint density at radius 3 is 2.86 bits per heavy atom. The molecule has 0 unspecified atom stereocenters. The zero-order chi connectivity index (χ0) is 15.2. The highest BCUT2D eigenvalue weighted by Crippen LogP contribution is 2.36. The molecule has 0 atom stereocenters. The normalized spacial score (nSPS) is 12.3. The van der Waals surface area contributed by atoms with E-state index < -0.39 is 0 Å². The minimum Gasteiger partial charge on any atom is -0.301 e. The van der Waals surface area contributed by atoms with E-state index in [-0.39, 0.29) is 5.91 Å². The molecule has 1 aromatic carbocycles. The lowest BCUT2D eigenvalue weighted by atomic mass is 10.0. The predicted octanol–water partition coefficient (Wildman–Crippen LogP) is 4.66. The van der Waals surface area contributed by atoms with Gasteiger partial charge in [0.25, 0.3) is 0 Å². The van der Waals surface area contributed by atoms with Crippen LogP contribution in [0.5, 0.6) is 0 Å². The Bertz CT molecular complexity index is 624. The molecule has 0 saturated carbocycles. The minimum absolute atomic E-state index is 0.0582. The first-order valence-corrected chi connectivity index (χ1v) is 9.15. The third kappa shape index (κ3) is 3.71. The molecule has 5 heteroatoms. The van der Waals surface area contributed by atoms with Crippen molar-refractivity contribution in [1.82, 2.24) is 4.98 Å². The molecule has 1 N–H and O–H groups in total. The standard InChI is InChI=1S/C14H13BrN2OS.C2H6/c15-8-12(18)16-14-17-13-10-6-2-1-4-9(10)5-3-7-11(13)19-14;1-2/h1-2,4,6H,3,5,7-8H2,(H,16,17,18);1-2H3. The zero-order valence-corrected chi connectivity index (χ0v) is 14.7. The highest BCUT2D eigenvalue weighted by molar-refractivity contribution is 9.09. The number of aryl methyl sites for hydroxylation is 2. The van der Waals surface area contributed by atoms with E-state index in [1.54, 1.807) is 11.3 Å². The van der Waals surface area contributed by atoms with Crippen LogP contribution in [-0.4, -0.2) is 16.2 Å². The summed E-state index contributed by atoms with van der Waals surface area (Å²) >= 11 is 4.74. The number of anilines is 1. The summed E-state index contributed by atoms with van der Waals surface area (Å²) in [5.41, 5.74) is 3.61. The summed E-state index contributed by atoms with van der Waals surface area (Å²) in [4.78, 5) is 17.3. The molecule has 3 rings (SSSR count). The molecule has 1 amide bonds. The minimum atomic E-state index is -0.0582. The monoisotopic (exact) mass is 366 g/mol. The molecule has 21 heavy (non-hydrogen) atoms. The smallest absolute Gasteiger partial charge is 0.236 e. The number of amides is 1. The summed E-state index contributed by atoms with van der Waals surface area (Å²) in [5, 5.41) is 3.82. The third-order valence-electron chi connectivity index (χ3n) is 3.19. The van der Waals surface area contributed by atoms with Crippen molar-refractivity contribution in [2.75, 3.05) is 10.6 Å². The Hall–Kier alpha value is -1.20. The van der Waals surface area contributed by atoms with E-state index in [2.05, 4.69) is 44.4 Å². The summed E-state index contributed by atoms with van der Waals surface area (Å²) < 4.78 is 0. The van der Waals surface area contributed by atoms with Gasteiger partial charge in [-0.05, 0) is 24.8 Å². The second kappa shape index (κ2) is 7.71. The molecule has 112 valence electrons. The third-order valence-corrected chi connectivity index (χ3v) is 4.73. The van der Waals surface area contributed by atoms with Gasteiger partial charge in [0, 0.05) is 10.4 Å². The molecule has 0 saturated heterocycles. The summed E-state index contributed by atoms with van der Waals surface area (Å²) in [6.07, 6.45) is 3.27. The molecule has 1 aliphatic carbocycles. The van der Waals surface area contributed by atoms with Crippen LogP contribution in [0.1, 0.15) is 30.7 Å². The highest BCUT2D eigenvalue weighted by Gasteiger charge is 2.19. The van der Waals surface area contributed by atoms with Gasteiger partial charge in [0.15, 0.2) is 5.13 Å². The van der Waals surface area contributed by atoms with Gasteiger partial charge in [-0.2, -0.15) is 0 Å². The van der Waals surface area contributed by atoms with Gasteiger partial charge in [0.05, 0.1) is 11.0 Å². The number of fused-ring (bicyclic) bond motifs is 3. The Kier molecular flexibility index (Phi) is 5.94. The highest BCUT2D eigenvalue weighted by atomic mass is 79.9. The van der Waals surface area contributed by atoms with Gasteiger partial charge in [0.2, 0.25) is 5.91 Å². The molecule has 3 nitrogen and oxygen atoms in total. The Labute approximate surface area is 137 Å². The second-order valence-corrected chi connectivity index (χ2v) is 6.13. The number of hydrogen-bond donors (Lipinski definition) is 1. The molecule has 0 bridgehead atoms. The Morgan fingerprint density at radius 1 is 1.33 bits per heavy atom. The lowest BCUT2D eigenvalue weighted by Crippen LogP contribution is -2.11. The lowest BCUT2D eigenvalue weighted by Gasteiger charge is -2.03. The predicted molar refractivity (Wildman–Crippen MR) is 93.3 cm³/mol. The zero-order valence-electron chi connectivity index (χ0n) is 12.3. The van der Waals surface area contributed by atoms with Crippen LogP contribution >= 0.6 is 27.3 Å². The van der Waals surface area contributed by atoms with Gasteiger partial charge >= 0.3 is 0 Å². The van der Waals surface area contributed by atoms with Crippen LogP contribution in [0, 0.1) is 0 Å². The number of aromatic nitrogens is 1. The average molecular weight is 367 g/mol. The number of halogens is 1. The first kappa shape index (κ1) is 16.2. The van der Waals surface area contributed by atoms with E-state index in [1.165, 1.54) is 16.0 Å². The maximum absolute atomic E-state index is 11.4. The van der Waals surface area contributed by atoms with Crippen LogP contribution in [0.4, 0.5) is 5.13 Å². The lowest BCUT2D eigenvalue weighted by molar-refractivity contribution is -0.113. The van der Waals surface area contributed by atoms with Crippen LogP contribution in [0.2, 0.25) is 0 Å². The number of rotatable bonds is 2. The SMILES string of the molecule is CC.O=C(CBr)Nc1nc2c(s1)CCCc1ccccc1-2. The molecule has 0 spiro atoms. The summed E-state index contributed by atoms with van der Waals surface area (Å²) in [7, 11) is 0. The number of benzene rings is 1. The Morgan fingerprint density at radius 2 is 2.10 bits per heavy atom. The Balaban J connectivity index is 0.000000774. The van der Waals surface area contributed by atoms with Crippen molar-refractivity contribution in [3.63, 3.8) is 0 Å². The molecule has 1 aromatic heterocycles. The van der Waals surface area contributed by atoms with E-state index in [0.29, 0.717) is 10.5 Å². The van der Waals surface area contributed by atoms with Crippen molar-refractivity contribution in [3.8, 4) is 11.3 Å². The van der Waals surface area contributed by atoms with Crippen molar-refractivity contribution in [2.45, 2.75) is 33.1 Å². The average Bonchev–Trinajstić information content (AvgIpc) is 2.84. The van der Waals surface area contributed by atoms with Gasteiger partial charge < -0.3 is 5.32 Å². The maximum Gasteiger partial charge on any atom is 0.236 e. The largest absolute Gasteiger partial charge is 0.301 e. The second-order valence-electron chi connectivity index (χ2n) is 4.48. The summed E-state index contributed by atoms with van der Waals surface area (Å²) in [6, 6.07) is 8.41. The van der Waals surface area contributed by atoms with Crippen molar-refractivity contribution >= 4 is 38.3 Å². The van der Waals surface area contributed by atoms with E-state index in [0.717, 1.165) is 25.0 Å². The van der Waals surface area contributed by atoms with E-state index in [4.69, 9.17) is 0 Å². The molecule has 1 aliphatic rings. The van der Waals surface area contributed by atoms with Crippen LogP contribution in [0.15, 0.2) is 24.3 Å². The fourth-order valence-corrected chi connectivity index (χ4v) is 3.52. The van der Waals surface area contributed by atoms with E-state index >= 15 is 0 Å². The van der Waals surface area contributed by atoms with Crippen molar-refractivity contribution in [3.05, 3.63) is 34.7 Å². The van der Waals surface area contributed by atoms with Crippen molar-refractivity contribution in [1.29, 1.82) is 0 Å². The molecular formula is C16H19BrN2OS. The van der Waals surface area contributed by atoms with E-state index in [1.807, 2.05) is 19.9 Å². The number of hydrogen-bond acceptors (Lipinski definition) is 3. The van der Waals surface area contributed by atoms with Gasteiger partial charge in [-0.25, -0.2) is 4.98 Å². The van der Waals surface area contributed by atoms with Crippen LogP contribution < -0.4 is 5.32 Å². The summed E-state index contributed by atoms with van der Waals surface area (Å²) in [6.45, 7) is 4.00. The van der Waals surface area contributed by atoms with Gasteiger partial charge in [-0.1, -0.05) is 54.0 Å².